The topological polar surface area (TPSA) is 96.5 Å². The van der Waals surface area contributed by atoms with Crippen LogP contribution in [0.5, 0.6) is 5.75 Å². The van der Waals surface area contributed by atoms with Crippen LogP contribution < -0.4 is 14.5 Å². The molecule has 1 atom stereocenters. The van der Waals surface area contributed by atoms with Crippen molar-refractivity contribution >= 4 is 44.9 Å². The Balaban J connectivity index is 1.30. The fraction of sp³-hybridized carbons (Fsp3) is 0.310. The number of piperazine rings is 1. The number of halogens is 1. The van der Waals surface area contributed by atoms with Gasteiger partial charge in [-0.1, -0.05) is 35.9 Å². The predicted octanol–water partition coefficient (Wildman–Crippen LogP) is 3.99. The molecule has 0 spiro atoms. The van der Waals surface area contributed by atoms with Gasteiger partial charge >= 0.3 is 5.97 Å². The zero-order valence-corrected chi connectivity index (χ0v) is 23.8. The van der Waals surface area contributed by atoms with E-state index >= 15 is 0 Å². The van der Waals surface area contributed by atoms with Crippen LogP contribution in [0.25, 0.3) is 0 Å². The molecule has 0 unspecified atom stereocenters. The molecule has 1 saturated heterocycles. The Morgan fingerprint density at radius 1 is 0.925 bits per heavy atom. The minimum absolute atomic E-state index is 0.0124. The summed E-state index contributed by atoms with van der Waals surface area (Å²) in [6.07, 6.45) is -0.323. The highest BCUT2D eigenvalue weighted by Crippen LogP contribution is 2.31. The largest absolute Gasteiger partial charge is 0.495 e. The van der Waals surface area contributed by atoms with Gasteiger partial charge in [-0.2, -0.15) is 4.31 Å². The third kappa shape index (κ3) is 5.52. The fourth-order valence-electron chi connectivity index (χ4n) is 5.07. The summed E-state index contributed by atoms with van der Waals surface area (Å²) < 4.78 is 39.5. The first-order valence-corrected chi connectivity index (χ1v) is 14.8. The number of hydrogen-bond acceptors (Lipinski definition) is 7. The summed E-state index contributed by atoms with van der Waals surface area (Å²) in [7, 11) is -2.62. The van der Waals surface area contributed by atoms with Crippen LogP contribution in [0.15, 0.2) is 71.6 Å². The number of para-hydroxylation sites is 1. The molecule has 9 nitrogen and oxygen atoms in total. The Morgan fingerprint density at radius 3 is 2.40 bits per heavy atom. The molecule has 210 valence electrons. The maximum absolute atomic E-state index is 13.7. The highest BCUT2D eigenvalue weighted by Gasteiger charge is 2.33. The van der Waals surface area contributed by atoms with Crippen molar-refractivity contribution in [1.82, 2.24) is 4.31 Å². The highest BCUT2D eigenvalue weighted by molar-refractivity contribution is 7.89. The molecule has 0 N–H and O–H groups in total. The molecule has 3 aromatic carbocycles. The number of rotatable bonds is 7. The number of benzene rings is 3. The smallest absolute Gasteiger partial charge is 0.338 e. The van der Waals surface area contributed by atoms with Crippen molar-refractivity contribution in [3.63, 3.8) is 0 Å². The van der Waals surface area contributed by atoms with E-state index in [1.54, 1.807) is 11.0 Å². The number of amides is 1. The molecular weight excluding hydrogens is 554 g/mol. The van der Waals surface area contributed by atoms with Gasteiger partial charge in [0.2, 0.25) is 10.0 Å². The zero-order valence-electron chi connectivity index (χ0n) is 22.2. The Bertz CT molecular complexity index is 1540. The number of sulfonamides is 1. The number of hydrogen-bond donors (Lipinski definition) is 0. The van der Waals surface area contributed by atoms with Gasteiger partial charge in [0.25, 0.3) is 5.91 Å². The van der Waals surface area contributed by atoms with Gasteiger partial charge in [0.1, 0.15) is 10.6 Å². The van der Waals surface area contributed by atoms with Crippen LogP contribution in [0.2, 0.25) is 5.02 Å². The number of carbonyl (C=O) groups excluding carboxylic acids is 2. The van der Waals surface area contributed by atoms with E-state index in [-0.39, 0.29) is 35.2 Å². The first kappa shape index (κ1) is 27.9. The number of anilines is 2. The van der Waals surface area contributed by atoms with E-state index in [0.29, 0.717) is 24.7 Å². The third-order valence-corrected chi connectivity index (χ3v) is 9.37. The summed E-state index contributed by atoms with van der Waals surface area (Å²) >= 11 is 6.12. The van der Waals surface area contributed by atoms with E-state index in [1.807, 2.05) is 42.5 Å². The van der Waals surface area contributed by atoms with Crippen molar-refractivity contribution in [3.8, 4) is 5.75 Å². The van der Waals surface area contributed by atoms with Crippen LogP contribution in [-0.2, 0) is 26.0 Å². The number of nitrogens with zero attached hydrogens (tertiary/aromatic N) is 3. The number of ether oxygens (including phenoxy) is 2. The van der Waals surface area contributed by atoms with E-state index in [1.165, 1.54) is 36.5 Å². The summed E-state index contributed by atoms with van der Waals surface area (Å²) in [5.74, 6) is -1.01. The standard InChI is InChI=1S/C29H30ClN3O6S/c1-20(28(34)33-13-12-21-6-3-4-9-25(21)33)39-29(35)22-10-11-26(38-2)27(18-22)40(36,37)32-16-14-31(15-17-32)24-8-5-7-23(30)19-24/h3-11,18-20H,12-17H2,1-2H3/t20-/m0/s1. The normalized spacial score (nSPS) is 16.4. The number of esters is 1. The van der Waals surface area contributed by atoms with Crippen molar-refractivity contribution in [1.29, 1.82) is 0 Å². The van der Waals surface area contributed by atoms with E-state index in [0.717, 1.165) is 23.4 Å². The minimum atomic E-state index is -3.99. The molecule has 2 aliphatic rings. The molecule has 5 rings (SSSR count). The summed E-state index contributed by atoms with van der Waals surface area (Å²) in [6, 6.07) is 19.1. The Labute approximate surface area is 238 Å². The quantitative estimate of drug-likeness (QED) is 0.388. The third-order valence-electron chi connectivity index (χ3n) is 7.21. The molecule has 1 amide bonds. The van der Waals surface area contributed by atoms with Gasteiger partial charge in [-0.15, -0.1) is 0 Å². The number of methoxy groups -OCH3 is 1. The summed E-state index contributed by atoms with van der Waals surface area (Å²) in [6.45, 7) is 3.47. The number of fused-ring (bicyclic) bond motifs is 1. The lowest BCUT2D eigenvalue weighted by Gasteiger charge is -2.35. The monoisotopic (exact) mass is 583 g/mol. The predicted molar refractivity (Wildman–Crippen MR) is 153 cm³/mol. The molecule has 1 fully saturated rings. The van der Waals surface area contributed by atoms with E-state index in [9.17, 15) is 18.0 Å². The summed E-state index contributed by atoms with van der Waals surface area (Å²) in [5.41, 5.74) is 2.81. The maximum Gasteiger partial charge on any atom is 0.338 e. The second-order valence-electron chi connectivity index (χ2n) is 9.65. The van der Waals surface area contributed by atoms with Gasteiger partial charge in [-0.25, -0.2) is 13.2 Å². The number of carbonyl (C=O) groups is 2. The first-order valence-electron chi connectivity index (χ1n) is 13.0. The molecule has 0 saturated carbocycles. The highest BCUT2D eigenvalue weighted by atomic mass is 35.5. The van der Waals surface area contributed by atoms with Crippen molar-refractivity contribution in [2.75, 3.05) is 49.6 Å². The van der Waals surface area contributed by atoms with Crippen molar-refractivity contribution in [3.05, 3.63) is 82.9 Å². The summed E-state index contributed by atoms with van der Waals surface area (Å²) in [5, 5.41) is 0.613. The van der Waals surface area contributed by atoms with Gasteiger partial charge < -0.3 is 19.3 Å². The average molecular weight is 584 g/mol. The summed E-state index contributed by atoms with van der Waals surface area (Å²) in [4.78, 5) is 29.7. The second kappa shape index (κ2) is 11.5. The molecule has 2 heterocycles. The lowest BCUT2D eigenvalue weighted by molar-refractivity contribution is -0.126. The molecule has 40 heavy (non-hydrogen) atoms. The van der Waals surface area contributed by atoms with Crippen LogP contribution in [0.1, 0.15) is 22.8 Å². The molecule has 11 heteroatoms. The molecule has 2 aliphatic heterocycles. The fourth-order valence-corrected chi connectivity index (χ4v) is 6.86. The molecular formula is C29H30ClN3O6S. The van der Waals surface area contributed by atoms with Gasteiger partial charge in [0.15, 0.2) is 6.10 Å². The van der Waals surface area contributed by atoms with Crippen LogP contribution in [0.4, 0.5) is 11.4 Å². The molecule has 3 aromatic rings. The maximum atomic E-state index is 13.7. The lowest BCUT2D eigenvalue weighted by Crippen LogP contribution is -2.48. The van der Waals surface area contributed by atoms with E-state index in [2.05, 4.69) is 4.90 Å². The van der Waals surface area contributed by atoms with Crippen LogP contribution in [0.3, 0.4) is 0 Å². The first-order chi connectivity index (χ1) is 19.2. The zero-order chi connectivity index (χ0) is 28.4. The average Bonchev–Trinajstić information content (AvgIpc) is 3.40. The molecule has 0 aromatic heterocycles. The van der Waals surface area contributed by atoms with Crippen LogP contribution >= 0.6 is 11.6 Å². The van der Waals surface area contributed by atoms with Gasteiger partial charge in [-0.05, 0) is 61.4 Å². The van der Waals surface area contributed by atoms with E-state index < -0.39 is 22.1 Å². The second-order valence-corrected chi connectivity index (χ2v) is 12.0. The SMILES string of the molecule is COc1ccc(C(=O)O[C@@H](C)C(=O)N2CCc3ccccc32)cc1S(=O)(=O)N1CCN(c2cccc(Cl)c2)CC1. The van der Waals surface area contributed by atoms with Crippen molar-refractivity contribution in [2.45, 2.75) is 24.3 Å². The molecule has 0 radical (unpaired) electrons. The van der Waals surface area contributed by atoms with Gasteiger partial charge in [-0.3, -0.25) is 4.79 Å². The van der Waals surface area contributed by atoms with Gasteiger partial charge in [0, 0.05) is 49.1 Å². The lowest BCUT2D eigenvalue weighted by atomic mass is 10.2. The van der Waals surface area contributed by atoms with Crippen molar-refractivity contribution < 1.29 is 27.5 Å². The Kier molecular flexibility index (Phi) is 8.02. The molecule has 0 bridgehead atoms. The Morgan fingerprint density at radius 2 is 1.68 bits per heavy atom. The Hall–Kier alpha value is -3.60. The van der Waals surface area contributed by atoms with E-state index in [4.69, 9.17) is 21.1 Å². The van der Waals surface area contributed by atoms with Crippen molar-refractivity contribution in [2.24, 2.45) is 0 Å². The van der Waals surface area contributed by atoms with Crippen LogP contribution in [0, 0.1) is 0 Å². The van der Waals surface area contributed by atoms with Gasteiger partial charge in [0.05, 0.1) is 12.7 Å². The van der Waals surface area contributed by atoms with Crippen LogP contribution in [-0.4, -0.2) is 70.5 Å². The molecule has 0 aliphatic carbocycles. The minimum Gasteiger partial charge on any atom is -0.495 e.